The molecule has 1 heterocycles. The van der Waals surface area contributed by atoms with E-state index in [0.717, 1.165) is 28.7 Å². The van der Waals surface area contributed by atoms with Gasteiger partial charge in [-0.3, -0.25) is 0 Å². The van der Waals surface area contributed by atoms with Gasteiger partial charge in [0.1, 0.15) is 0 Å². The van der Waals surface area contributed by atoms with Crippen molar-refractivity contribution < 1.29 is 0 Å². The molecule has 3 aromatic rings. The Morgan fingerprint density at radius 2 is 1.79 bits per heavy atom. The smallest absolute Gasteiger partial charge is 0.191 e. The third-order valence-electron chi connectivity index (χ3n) is 3.70. The predicted octanol–water partition coefficient (Wildman–Crippen LogP) is 4.32. The van der Waals surface area contributed by atoms with Gasteiger partial charge in [-0.2, -0.15) is 9.78 Å². The summed E-state index contributed by atoms with van der Waals surface area (Å²) in [6, 6.07) is 18.6. The lowest BCUT2D eigenvalue weighted by Gasteiger charge is -2.04. The lowest BCUT2D eigenvalue weighted by atomic mass is 10.1. The van der Waals surface area contributed by atoms with Crippen LogP contribution in [0.25, 0.3) is 0 Å². The van der Waals surface area contributed by atoms with Gasteiger partial charge in [0, 0.05) is 12.2 Å². The van der Waals surface area contributed by atoms with Crippen LogP contribution < -0.4 is 0 Å². The van der Waals surface area contributed by atoms with Crippen molar-refractivity contribution in [3.8, 4) is 0 Å². The van der Waals surface area contributed by atoms with Crippen molar-refractivity contribution in [1.82, 2.24) is 14.9 Å². The van der Waals surface area contributed by atoms with Gasteiger partial charge in [-0.25, -0.2) is 0 Å². The standard InChI is InChI=1S/C19H20N4S/c1-3-18-21-22-19(24-14-16-10-5-4-6-11-16)23(18)20-13-17-12-8-7-9-15(17)2/h4-13H,3,14H2,1-2H3/b20-13-. The average Bonchev–Trinajstić information content (AvgIpc) is 3.02. The number of nitrogens with zero attached hydrogens (tertiary/aromatic N) is 4. The topological polar surface area (TPSA) is 43.1 Å². The number of aromatic nitrogens is 3. The minimum atomic E-state index is 0.796. The number of benzene rings is 2. The Morgan fingerprint density at radius 3 is 2.54 bits per heavy atom. The third-order valence-corrected chi connectivity index (χ3v) is 4.69. The normalized spacial score (nSPS) is 11.2. The number of aryl methyl sites for hydroxylation is 2. The van der Waals surface area contributed by atoms with E-state index in [4.69, 9.17) is 0 Å². The summed E-state index contributed by atoms with van der Waals surface area (Å²) in [6.07, 6.45) is 2.68. The highest BCUT2D eigenvalue weighted by Crippen LogP contribution is 2.22. The van der Waals surface area contributed by atoms with Crippen molar-refractivity contribution in [2.75, 3.05) is 0 Å². The second kappa shape index (κ2) is 7.93. The summed E-state index contributed by atoms with van der Waals surface area (Å²) in [5, 5.41) is 14.0. The van der Waals surface area contributed by atoms with Crippen LogP contribution in [0.1, 0.15) is 29.4 Å². The molecule has 0 amide bonds. The van der Waals surface area contributed by atoms with Crippen molar-refractivity contribution >= 4 is 18.0 Å². The highest BCUT2D eigenvalue weighted by atomic mass is 32.2. The van der Waals surface area contributed by atoms with E-state index in [9.17, 15) is 0 Å². The van der Waals surface area contributed by atoms with Gasteiger partial charge < -0.3 is 0 Å². The van der Waals surface area contributed by atoms with Gasteiger partial charge in [0.15, 0.2) is 5.82 Å². The number of hydrogen-bond donors (Lipinski definition) is 0. The van der Waals surface area contributed by atoms with Crippen molar-refractivity contribution in [2.24, 2.45) is 5.10 Å². The first-order valence-electron chi connectivity index (χ1n) is 7.99. The van der Waals surface area contributed by atoms with Crippen molar-refractivity contribution in [3.63, 3.8) is 0 Å². The van der Waals surface area contributed by atoms with Crippen LogP contribution in [0.3, 0.4) is 0 Å². The van der Waals surface area contributed by atoms with Gasteiger partial charge in [-0.1, -0.05) is 73.3 Å². The number of hydrogen-bond acceptors (Lipinski definition) is 4. The quantitative estimate of drug-likeness (QED) is 0.497. The molecule has 0 fully saturated rings. The van der Waals surface area contributed by atoms with Crippen LogP contribution in [-0.2, 0) is 12.2 Å². The summed E-state index contributed by atoms with van der Waals surface area (Å²) in [6.45, 7) is 4.15. The molecule has 5 heteroatoms. The van der Waals surface area contributed by atoms with Gasteiger partial charge >= 0.3 is 0 Å². The van der Waals surface area contributed by atoms with Crippen molar-refractivity contribution in [3.05, 3.63) is 77.1 Å². The first-order chi connectivity index (χ1) is 11.8. The molecule has 1 aromatic heterocycles. The van der Waals surface area contributed by atoms with Gasteiger partial charge in [0.05, 0.1) is 6.21 Å². The molecule has 0 bridgehead atoms. The Balaban J connectivity index is 1.81. The average molecular weight is 336 g/mol. The first kappa shape index (κ1) is 16.5. The molecule has 2 aromatic carbocycles. The van der Waals surface area contributed by atoms with Crippen LogP contribution in [0, 0.1) is 6.92 Å². The van der Waals surface area contributed by atoms with E-state index < -0.39 is 0 Å². The zero-order chi connectivity index (χ0) is 16.8. The molecule has 0 spiro atoms. The Bertz CT molecular complexity index is 824. The van der Waals surface area contributed by atoms with Crippen LogP contribution in [0.4, 0.5) is 0 Å². The largest absolute Gasteiger partial charge is 0.212 e. The van der Waals surface area contributed by atoms with E-state index in [1.165, 1.54) is 11.1 Å². The molecule has 122 valence electrons. The van der Waals surface area contributed by atoms with Crippen LogP contribution in [0.5, 0.6) is 0 Å². The summed E-state index contributed by atoms with van der Waals surface area (Å²) < 4.78 is 1.85. The maximum atomic E-state index is 4.63. The van der Waals surface area contributed by atoms with E-state index >= 15 is 0 Å². The molecular weight excluding hydrogens is 316 g/mol. The van der Waals surface area contributed by atoms with Crippen LogP contribution >= 0.6 is 11.8 Å². The van der Waals surface area contributed by atoms with Gasteiger partial charge in [-0.05, 0) is 23.6 Å². The molecule has 0 saturated heterocycles. The van der Waals surface area contributed by atoms with E-state index in [1.807, 2.05) is 29.1 Å². The summed E-state index contributed by atoms with van der Waals surface area (Å²) in [4.78, 5) is 0. The summed E-state index contributed by atoms with van der Waals surface area (Å²) >= 11 is 1.65. The van der Waals surface area contributed by atoms with E-state index in [0.29, 0.717) is 0 Å². The van der Waals surface area contributed by atoms with Crippen molar-refractivity contribution in [2.45, 2.75) is 31.2 Å². The molecule has 4 nitrogen and oxygen atoms in total. The molecule has 0 N–H and O–H groups in total. The predicted molar refractivity (Wildman–Crippen MR) is 99.6 cm³/mol. The fraction of sp³-hybridized carbons (Fsp3) is 0.211. The molecule has 0 saturated carbocycles. The number of rotatable bonds is 6. The van der Waals surface area contributed by atoms with Crippen LogP contribution in [-0.4, -0.2) is 21.1 Å². The highest BCUT2D eigenvalue weighted by Gasteiger charge is 2.10. The van der Waals surface area contributed by atoms with Crippen LogP contribution in [0.2, 0.25) is 0 Å². The molecule has 3 rings (SSSR count). The fourth-order valence-corrected chi connectivity index (χ4v) is 3.16. The van der Waals surface area contributed by atoms with Gasteiger partial charge in [0.25, 0.3) is 0 Å². The molecular formula is C19H20N4S. The Kier molecular flexibility index (Phi) is 5.43. The Hall–Kier alpha value is -2.40. The lowest BCUT2D eigenvalue weighted by molar-refractivity contribution is 0.722. The lowest BCUT2D eigenvalue weighted by Crippen LogP contribution is -1.99. The zero-order valence-electron chi connectivity index (χ0n) is 13.9. The Morgan fingerprint density at radius 1 is 1.04 bits per heavy atom. The van der Waals surface area contributed by atoms with E-state index in [1.54, 1.807) is 11.8 Å². The summed E-state index contributed by atoms with van der Waals surface area (Å²) in [5.41, 5.74) is 3.57. The number of thioether (sulfide) groups is 1. The minimum absolute atomic E-state index is 0.796. The zero-order valence-corrected chi connectivity index (χ0v) is 14.7. The van der Waals surface area contributed by atoms with Crippen molar-refractivity contribution in [1.29, 1.82) is 0 Å². The van der Waals surface area contributed by atoms with Gasteiger partial charge in [0.2, 0.25) is 5.16 Å². The summed E-state index contributed by atoms with van der Waals surface area (Å²) in [7, 11) is 0. The molecule has 0 unspecified atom stereocenters. The van der Waals surface area contributed by atoms with Gasteiger partial charge in [-0.15, -0.1) is 10.2 Å². The minimum Gasteiger partial charge on any atom is -0.191 e. The second-order valence-electron chi connectivity index (χ2n) is 5.44. The Labute approximate surface area is 146 Å². The monoisotopic (exact) mass is 336 g/mol. The SMILES string of the molecule is CCc1nnc(SCc2ccccc2)n1/N=C\c1ccccc1C. The molecule has 0 aliphatic heterocycles. The fourth-order valence-electron chi connectivity index (χ4n) is 2.30. The second-order valence-corrected chi connectivity index (χ2v) is 6.38. The van der Waals surface area contributed by atoms with Crippen LogP contribution in [0.15, 0.2) is 64.9 Å². The molecule has 0 aliphatic rings. The molecule has 24 heavy (non-hydrogen) atoms. The molecule has 0 atom stereocenters. The summed E-state index contributed by atoms with van der Waals surface area (Å²) in [5.74, 6) is 1.72. The maximum absolute atomic E-state index is 4.63. The maximum Gasteiger partial charge on any atom is 0.212 e. The molecule has 0 radical (unpaired) electrons. The van der Waals surface area contributed by atoms with E-state index in [-0.39, 0.29) is 0 Å². The third kappa shape index (κ3) is 3.92. The highest BCUT2D eigenvalue weighted by molar-refractivity contribution is 7.98. The molecule has 0 aliphatic carbocycles. The van der Waals surface area contributed by atoms with E-state index in [2.05, 4.69) is 65.5 Å². The first-order valence-corrected chi connectivity index (χ1v) is 8.97.